The Labute approximate surface area is 110 Å². The first-order valence-electron chi connectivity index (χ1n) is 6.08. The monoisotopic (exact) mass is 255 g/mol. The fourth-order valence-electron chi connectivity index (χ4n) is 1.92. The normalized spacial score (nSPS) is 10.9. The first-order chi connectivity index (χ1) is 8.08. The van der Waals surface area contributed by atoms with Crippen molar-refractivity contribution in [1.82, 2.24) is 4.90 Å². The van der Waals surface area contributed by atoms with Gasteiger partial charge in [-0.15, -0.1) is 0 Å². The van der Waals surface area contributed by atoms with Gasteiger partial charge in [0.15, 0.2) is 0 Å². The van der Waals surface area contributed by atoms with Crippen LogP contribution in [0.2, 0.25) is 5.02 Å². The summed E-state index contributed by atoms with van der Waals surface area (Å²) in [6.45, 7) is 3.22. The second-order valence-corrected chi connectivity index (χ2v) is 4.94. The van der Waals surface area contributed by atoms with Crippen LogP contribution in [-0.4, -0.2) is 32.6 Å². The molecule has 0 N–H and O–H groups in total. The largest absolute Gasteiger partial charge is 0.495 e. The molecule has 96 valence electrons. The molecule has 0 radical (unpaired) electrons. The maximum Gasteiger partial charge on any atom is 0.140 e. The van der Waals surface area contributed by atoms with Gasteiger partial charge >= 0.3 is 0 Å². The van der Waals surface area contributed by atoms with Crippen LogP contribution in [-0.2, 0) is 12.8 Å². The van der Waals surface area contributed by atoms with Crippen molar-refractivity contribution < 1.29 is 4.74 Å². The van der Waals surface area contributed by atoms with Crippen molar-refractivity contribution in [3.63, 3.8) is 0 Å². The van der Waals surface area contributed by atoms with Gasteiger partial charge in [0.05, 0.1) is 12.1 Å². The third-order valence-electron chi connectivity index (χ3n) is 2.84. The molecule has 0 aliphatic rings. The van der Waals surface area contributed by atoms with E-state index in [0.29, 0.717) is 0 Å². The number of benzene rings is 1. The number of aryl methyl sites for hydroxylation is 2. The van der Waals surface area contributed by atoms with Gasteiger partial charge < -0.3 is 9.64 Å². The Balaban J connectivity index is 2.83. The number of nitrogens with zero attached hydrogens (tertiary/aromatic N) is 1. The lowest BCUT2D eigenvalue weighted by Crippen LogP contribution is -2.13. The fourth-order valence-corrected chi connectivity index (χ4v) is 2.26. The van der Waals surface area contributed by atoms with Crippen LogP contribution in [0, 0.1) is 0 Å². The summed E-state index contributed by atoms with van der Waals surface area (Å²) in [6, 6.07) is 4.20. The quantitative estimate of drug-likeness (QED) is 0.773. The van der Waals surface area contributed by atoms with Crippen LogP contribution in [0.4, 0.5) is 0 Å². The first kappa shape index (κ1) is 14.3. The van der Waals surface area contributed by atoms with E-state index in [4.69, 9.17) is 16.3 Å². The Morgan fingerprint density at radius 1 is 1.29 bits per heavy atom. The molecular weight excluding hydrogens is 234 g/mol. The van der Waals surface area contributed by atoms with Crippen LogP contribution in [0.15, 0.2) is 12.1 Å². The van der Waals surface area contributed by atoms with E-state index in [2.05, 4.69) is 32.0 Å². The van der Waals surface area contributed by atoms with Gasteiger partial charge in [-0.25, -0.2) is 0 Å². The van der Waals surface area contributed by atoms with Gasteiger partial charge in [0.2, 0.25) is 0 Å². The van der Waals surface area contributed by atoms with Crippen LogP contribution in [0.1, 0.15) is 24.5 Å². The van der Waals surface area contributed by atoms with Gasteiger partial charge in [-0.3, -0.25) is 0 Å². The molecule has 0 aliphatic carbocycles. The van der Waals surface area contributed by atoms with Crippen LogP contribution in [0.5, 0.6) is 5.75 Å². The average molecular weight is 256 g/mol. The minimum atomic E-state index is 0.728. The van der Waals surface area contributed by atoms with E-state index in [-0.39, 0.29) is 0 Å². The lowest BCUT2D eigenvalue weighted by Gasteiger charge is -2.14. The molecule has 0 heterocycles. The Morgan fingerprint density at radius 3 is 2.53 bits per heavy atom. The van der Waals surface area contributed by atoms with E-state index in [9.17, 15) is 0 Å². The Bertz CT molecular complexity index is 363. The molecule has 0 saturated heterocycles. The minimum Gasteiger partial charge on any atom is -0.495 e. The molecule has 3 heteroatoms. The van der Waals surface area contributed by atoms with Crippen molar-refractivity contribution >= 4 is 11.6 Å². The molecule has 1 rings (SSSR count). The molecular formula is C14H22ClNO. The van der Waals surface area contributed by atoms with Crippen LogP contribution < -0.4 is 4.74 Å². The predicted molar refractivity (Wildman–Crippen MR) is 74.3 cm³/mol. The van der Waals surface area contributed by atoms with Crippen molar-refractivity contribution in [2.75, 3.05) is 27.7 Å². The lowest BCUT2D eigenvalue weighted by atomic mass is 10.0. The molecule has 0 saturated carbocycles. The van der Waals surface area contributed by atoms with Gasteiger partial charge in [-0.1, -0.05) is 24.6 Å². The standard InChI is InChI=1S/C14H22ClNO/c1-5-11-9-12(7-6-8-16(2)3)14(17-4)13(15)10-11/h9-10H,5-8H2,1-4H3. The zero-order chi connectivity index (χ0) is 12.8. The van der Waals surface area contributed by atoms with E-state index in [1.807, 2.05) is 6.07 Å². The van der Waals surface area contributed by atoms with Crippen molar-refractivity contribution in [3.8, 4) is 5.75 Å². The summed E-state index contributed by atoms with van der Waals surface area (Å²) < 4.78 is 5.39. The fraction of sp³-hybridized carbons (Fsp3) is 0.571. The predicted octanol–water partition coefficient (Wildman–Crippen LogP) is 3.41. The smallest absolute Gasteiger partial charge is 0.140 e. The van der Waals surface area contributed by atoms with E-state index in [0.717, 1.165) is 36.6 Å². The summed E-state index contributed by atoms with van der Waals surface area (Å²) in [4.78, 5) is 2.19. The van der Waals surface area contributed by atoms with Crippen LogP contribution >= 0.6 is 11.6 Å². The number of halogens is 1. The van der Waals surface area contributed by atoms with Crippen LogP contribution in [0.3, 0.4) is 0 Å². The highest BCUT2D eigenvalue weighted by molar-refractivity contribution is 6.32. The molecule has 0 aromatic heterocycles. The van der Waals surface area contributed by atoms with Crippen LogP contribution in [0.25, 0.3) is 0 Å². The van der Waals surface area contributed by atoms with E-state index < -0.39 is 0 Å². The highest BCUT2D eigenvalue weighted by Gasteiger charge is 2.09. The molecule has 0 amide bonds. The molecule has 0 unspecified atom stereocenters. The van der Waals surface area contributed by atoms with Gasteiger partial charge in [0.25, 0.3) is 0 Å². The lowest BCUT2D eigenvalue weighted by molar-refractivity contribution is 0.391. The average Bonchev–Trinajstić information content (AvgIpc) is 2.28. The number of hydrogen-bond donors (Lipinski definition) is 0. The van der Waals surface area contributed by atoms with E-state index in [1.165, 1.54) is 11.1 Å². The third kappa shape index (κ3) is 4.21. The minimum absolute atomic E-state index is 0.728. The summed E-state index contributed by atoms with van der Waals surface area (Å²) >= 11 is 6.22. The van der Waals surface area contributed by atoms with Gasteiger partial charge in [0.1, 0.15) is 5.75 Å². The highest BCUT2D eigenvalue weighted by atomic mass is 35.5. The highest BCUT2D eigenvalue weighted by Crippen LogP contribution is 2.31. The van der Waals surface area contributed by atoms with Crippen molar-refractivity contribution in [3.05, 3.63) is 28.3 Å². The zero-order valence-electron chi connectivity index (χ0n) is 11.2. The van der Waals surface area contributed by atoms with Gasteiger partial charge in [-0.2, -0.15) is 0 Å². The van der Waals surface area contributed by atoms with Crippen molar-refractivity contribution in [2.24, 2.45) is 0 Å². The number of methoxy groups -OCH3 is 1. The molecule has 2 nitrogen and oxygen atoms in total. The Kier molecular flexibility index (Phi) is 5.79. The molecule has 1 aromatic carbocycles. The second-order valence-electron chi connectivity index (χ2n) is 4.53. The van der Waals surface area contributed by atoms with E-state index >= 15 is 0 Å². The van der Waals surface area contributed by atoms with Crippen molar-refractivity contribution in [2.45, 2.75) is 26.2 Å². The number of rotatable bonds is 6. The molecule has 0 bridgehead atoms. The van der Waals surface area contributed by atoms with Crippen molar-refractivity contribution in [1.29, 1.82) is 0 Å². The summed E-state index contributed by atoms with van der Waals surface area (Å²) in [7, 11) is 5.86. The van der Waals surface area contributed by atoms with Gasteiger partial charge in [0, 0.05) is 0 Å². The maximum absolute atomic E-state index is 6.22. The number of ether oxygens (including phenoxy) is 1. The maximum atomic E-state index is 6.22. The molecule has 0 atom stereocenters. The molecule has 1 aromatic rings. The third-order valence-corrected chi connectivity index (χ3v) is 3.12. The molecule has 0 aliphatic heterocycles. The van der Waals surface area contributed by atoms with E-state index in [1.54, 1.807) is 7.11 Å². The van der Waals surface area contributed by atoms with Gasteiger partial charge in [-0.05, 0) is 57.1 Å². The molecule has 0 spiro atoms. The molecule has 17 heavy (non-hydrogen) atoms. The Hall–Kier alpha value is -0.730. The SMILES string of the molecule is CCc1cc(Cl)c(OC)c(CCCN(C)C)c1. The Morgan fingerprint density at radius 2 is 2.00 bits per heavy atom. The summed E-state index contributed by atoms with van der Waals surface area (Å²) in [5.41, 5.74) is 2.49. The molecule has 0 fully saturated rings. The zero-order valence-corrected chi connectivity index (χ0v) is 12.0. The summed E-state index contributed by atoms with van der Waals surface area (Å²) in [5.74, 6) is 0.836. The first-order valence-corrected chi connectivity index (χ1v) is 6.46. The number of hydrogen-bond acceptors (Lipinski definition) is 2. The summed E-state index contributed by atoms with van der Waals surface area (Å²) in [6.07, 6.45) is 3.13. The summed E-state index contributed by atoms with van der Waals surface area (Å²) in [5, 5.41) is 0.728. The second kappa shape index (κ2) is 6.87. The topological polar surface area (TPSA) is 12.5 Å².